The largest absolute Gasteiger partial charge is 0.495 e. The van der Waals surface area contributed by atoms with E-state index in [1.165, 1.54) is 18.4 Å². The third kappa shape index (κ3) is 4.56. The molecule has 1 unspecified atom stereocenters. The fourth-order valence-electron chi connectivity index (χ4n) is 2.93. The number of carbonyl (C=O) groups excluding carboxylic acids is 2. The smallest absolute Gasteiger partial charge is 0.231 e. The number of benzene rings is 1. The Labute approximate surface area is 166 Å². The first-order valence-corrected chi connectivity index (χ1v) is 9.98. The van der Waals surface area contributed by atoms with Crippen molar-refractivity contribution in [3.63, 3.8) is 0 Å². The number of anilines is 2. The third-order valence-corrected chi connectivity index (χ3v) is 5.50. The minimum atomic E-state index is -0.468. The summed E-state index contributed by atoms with van der Waals surface area (Å²) in [6.07, 6.45) is 3.10. The average molecular weight is 409 g/mol. The molecule has 0 saturated carbocycles. The van der Waals surface area contributed by atoms with E-state index in [4.69, 9.17) is 16.3 Å². The van der Waals surface area contributed by atoms with Gasteiger partial charge in [0.25, 0.3) is 0 Å². The molecule has 144 valence electrons. The zero-order chi connectivity index (χ0) is 19.4. The summed E-state index contributed by atoms with van der Waals surface area (Å²) in [5.41, 5.74) is 0.572. The maximum Gasteiger partial charge on any atom is 0.231 e. The normalized spacial score (nSPS) is 16.6. The van der Waals surface area contributed by atoms with E-state index in [-0.39, 0.29) is 24.8 Å². The molecule has 1 aromatic carbocycles. The summed E-state index contributed by atoms with van der Waals surface area (Å²) < 4.78 is 5.32. The van der Waals surface area contributed by atoms with Crippen molar-refractivity contribution in [2.75, 3.05) is 23.9 Å². The number of nitrogens with zero attached hydrogens (tertiary/aromatic N) is 3. The van der Waals surface area contributed by atoms with Gasteiger partial charge in [-0.1, -0.05) is 36.3 Å². The fraction of sp³-hybridized carbons (Fsp3) is 0.444. The molecule has 0 radical (unpaired) electrons. The molecule has 27 heavy (non-hydrogen) atoms. The lowest BCUT2D eigenvalue weighted by atomic mass is 10.1. The second kappa shape index (κ2) is 8.67. The third-order valence-electron chi connectivity index (χ3n) is 4.37. The van der Waals surface area contributed by atoms with Gasteiger partial charge in [0.1, 0.15) is 10.8 Å². The summed E-state index contributed by atoms with van der Waals surface area (Å²) in [6.45, 7) is 2.38. The van der Waals surface area contributed by atoms with Crippen LogP contribution in [0.5, 0.6) is 5.75 Å². The molecular formula is C18H21ClN4O3S. The molecule has 9 heteroatoms. The van der Waals surface area contributed by atoms with Crippen LogP contribution in [0, 0.1) is 5.92 Å². The molecule has 3 rings (SSSR count). The number of nitrogens with one attached hydrogen (secondary N) is 1. The molecule has 1 aromatic heterocycles. The molecule has 2 heterocycles. The highest BCUT2D eigenvalue weighted by atomic mass is 35.5. The lowest BCUT2D eigenvalue weighted by Crippen LogP contribution is -2.28. The summed E-state index contributed by atoms with van der Waals surface area (Å²) in [4.78, 5) is 26.6. The van der Waals surface area contributed by atoms with Crippen LogP contribution in [0.3, 0.4) is 0 Å². The van der Waals surface area contributed by atoms with E-state index in [1.807, 2.05) is 0 Å². The van der Waals surface area contributed by atoms with Gasteiger partial charge in [0, 0.05) is 24.4 Å². The van der Waals surface area contributed by atoms with Gasteiger partial charge in [-0.25, -0.2) is 0 Å². The van der Waals surface area contributed by atoms with Crippen molar-refractivity contribution in [3.05, 3.63) is 28.2 Å². The van der Waals surface area contributed by atoms with E-state index in [0.29, 0.717) is 21.6 Å². The van der Waals surface area contributed by atoms with Crippen molar-refractivity contribution in [3.8, 4) is 5.75 Å². The maximum absolute atomic E-state index is 12.6. The zero-order valence-corrected chi connectivity index (χ0v) is 16.8. The van der Waals surface area contributed by atoms with Crippen LogP contribution < -0.4 is 15.0 Å². The minimum absolute atomic E-state index is 0.128. The van der Waals surface area contributed by atoms with Gasteiger partial charge in [-0.3, -0.25) is 9.59 Å². The first kappa shape index (κ1) is 19.6. The predicted molar refractivity (Wildman–Crippen MR) is 106 cm³/mol. The molecule has 1 aliphatic rings. The summed E-state index contributed by atoms with van der Waals surface area (Å²) in [6, 6.07) is 5.07. The van der Waals surface area contributed by atoms with Gasteiger partial charge in [-0.15, -0.1) is 10.2 Å². The number of rotatable bonds is 7. The second-order valence-corrected chi connectivity index (χ2v) is 7.81. The van der Waals surface area contributed by atoms with Gasteiger partial charge < -0.3 is 15.0 Å². The number of aryl methyl sites for hydroxylation is 1. The Balaban J connectivity index is 1.67. The molecule has 0 spiro atoms. The number of methoxy groups -OCH3 is 1. The van der Waals surface area contributed by atoms with Gasteiger partial charge in [0.2, 0.25) is 16.9 Å². The highest BCUT2D eigenvalue weighted by molar-refractivity contribution is 7.15. The van der Waals surface area contributed by atoms with Crippen molar-refractivity contribution in [2.45, 2.75) is 32.6 Å². The van der Waals surface area contributed by atoms with Crippen LogP contribution in [0.2, 0.25) is 5.02 Å². The van der Waals surface area contributed by atoms with Gasteiger partial charge >= 0.3 is 0 Å². The molecule has 1 saturated heterocycles. The van der Waals surface area contributed by atoms with Crippen LogP contribution >= 0.6 is 22.9 Å². The van der Waals surface area contributed by atoms with Crippen molar-refractivity contribution in [1.82, 2.24) is 10.2 Å². The van der Waals surface area contributed by atoms with Crippen LogP contribution in [0.15, 0.2) is 18.2 Å². The van der Waals surface area contributed by atoms with Crippen molar-refractivity contribution in [2.24, 2.45) is 5.92 Å². The SMILES string of the molecule is CCCCc1nnc(NC(=O)C2CC(=O)N(c3cc(Cl)ccc3OC)C2)s1. The quantitative estimate of drug-likeness (QED) is 0.757. The summed E-state index contributed by atoms with van der Waals surface area (Å²) >= 11 is 7.43. The van der Waals surface area contributed by atoms with E-state index in [9.17, 15) is 9.59 Å². The molecule has 1 aliphatic heterocycles. The van der Waals surface area contributed by atoms with E-state index in [1.54, 1.807) is 23.1 Å². The number of ether oxygens (including phenoxy) is 1. The predicted octanol–water partition coefficient (Wildman–Crippen LogP) is 3.53. The van der Waals surface area contributed by atoms with Crippen molar-refractivity contribution >= 4 is 45.6 Å². The molecule has 2 amide bonds. The highest BCUT2D eigenvalue weighted by Crippen LogP contribution is 2.35. The number of aromatic nitrogens is 2. The molecular weight excluding hydrogens is 388 g/mol. The molecule has 1 N–H and O–H groups in total. The number of hydrogen-bond donors (Lipinski definition) is 1. The minimum Gasteiger partial charge on any atom is -0.495 e. The summed E-state index contributed by atoms with van der Waals surface area (Å²) in [5, 5.41) is 12.8. The Morgan fingerprint density at radius 3 is 3.00 bits per heavy atom. The Bertz CT molecular complexity index is 842. The Morgan fingerprint density at radius 1 is 1.44 bits per heavy atom. The molecule has 7 nitrogen and oxygen atoms in total. The van der Waals surface area contributed by atoms with Crippen LogP contribution in [0.25, 0.3) is 0 Å². The van der Waals surface area contributed by atoms with Crippen molar-refractivity contribution in [1.29, 1.82) is 0 Å². The maximum atomic E-state index is 12.6. The van der Waals surface area contributed by atoms with Crippen LogP contribution in [-0.4, -0.2) is 35.7 Å². The number of carbonyl (C=O) groups is 2. The van der Waals surface area contributed by atoms with Crippen LogP contribution in [0.4, 0.5) is 10.8 Å². The van der Waals surface area contributed by atoms with Crippen LogP contribution in [-0.2, 0) is 16.0 Å². The van der Waals surface area contributed by atoms with Gasteiger partial charge in [-0.2, -0.15) is 0 Å². The van der Waals surface area contributed by atoms with E-state index in [2.05, 4.69) is 22.4 Å². The molecule has 0 aliphatic carbocycles. The molecule has 2 aromatic rings. The lowest BCUT2D eigenvalue weighted by molar-refractivity contribution is -0.122. The van der Waals surface area contributed by atoms with Gasteiger partial charge in [0.15, 0.2) is 0 Å². The summed E-state index contributed by atoms with van der Waals surface area (Å²) in [7, 11) is 1.53. The Kier molecular flexibility index (Phi) is 6.28. The number of hydrogen-bond acceptors (Lipinski definition) is 6. The van der Waals surface area contributed by atoms with Crippen molar-refractivity contribution < 1.29 is 14.3 Å². The molecule has 1 fully saturated rings. The number of unbranched alkanes of at least 4 members (excludes halogenated alkanes) is 1. The molecule has 0 bridgehead atoms. The summed E-state index contributed by atoms with van der Waals surface area (Å²) in [5.74, 6) is -0.302. The lowest BCUT2D eigenvalue weighted by Gasteiger charge is -2.19. The first-order chi connectivity index (χ1) is 13.0. The second-order valence-electron chi connectivity index (χ2n) is 6.32. The van der Waals surface area contributed by atoms with E-state index in [0.717, 1.165) is 24.3 Å². The standard InChI is InChI=1S/C18H21ClN4O3S/c1-3-4-5-15-21-22-18(27-15)20-17(25)11-8-16(24)23(10-11)13-9-12(19)6-7-14(13)26-2/h6-7,9,11H,3-5,8,10H2,1-2H3,(H,20,22,25). The highest BCUT2D eigenvalue weighted by Gasteiger charge is 2.36. The average Bonchev–Trinajstić information content (AvgIpc) is 3.26. The first-order valence-electron chi connectivity index (χ1n) is 8.79. The Morgan fingerprint density at radius 2 is 2.26 bits per heavy atom. The number of halogens is 1. The molecule has 1 atom stereocenters. The van der Waals surface area contributed by atoms with Gasteiger partial charge in [0.05, 0.1) is 18.7 Å². The topological polar surface area (TPSA) is 84.4 Å². The number of amides is 2. The Hall–Kier alpha value is -2.19. The van der Waals surface area contributed by atoms with E-state index < -0.39 is 5.92 Å². The van der Waals surface area contributed by atoms with Crippen LogP contribution in [0.1, 0.15) is 31.2 Å². The zero-order valence-electron chi connectivity index (χ0n) is 15.2. The fourth-order valence-corrected chi connectivity index (χ4v) is 3.88. The monoisotopic (exact) mass is 408 g/mol. The van der Waals surface area contributed by atoms with Gasteiger partial charge in [-0.05, 0) is 24.6 Å². The van der Waals surface area contributed by atoms with E-state index >= 15 is 0 Å².